The van der Waals surface area contributed by atoms with Crippen LogP contribution < -0.4 is 17.4 Å². The maximum atomic E-state index is 3.04. The standard InChI is InChI=1S/C4H5NS.ClH/c1-2-5-4-6-3-1;/h1-3H,4H2;1H. The summed E-state index contributed by atoms with van der Waals surface area (Å²) in [5.41, 5.74) is 0. The third-order valence-electron chi connectivity index (χ3n) is 0.556. The summed E-state index contributed by atoms with van der Waals surface area (Å²) in [5, 5.41) is 2.07. The van der Waals surface area contributed by atoms with Gasteiger partial charge in [-0.15, -0.1) is 0 Å². The van der Waals surface area contributed by atoms with Crippen LogP contribution in [-0.4, -0.2) is 12.1 Å². The third kappa shape index (κ3) is 2.71. The molecule has 0 radical (unpaired) electrons. The first-order chi connectivity index (χ1) is 3.00. The predicted octanol–water partition coefficient (Wildman–Crippen LogP) is -3.64. The summed E-state index contributed by atoms with van der Waals surface area (Å²) < 4.78 is 0. The number of allylic oxidation sites excluding steroid dienone is 1. The largest absolute Gasteiger partial charge is 1.00 e. The molecule has 1 aliphatic heterocycles. The van der Waals surface area contributed by atoms with Crippen LogP contribution in [0.4, 0.5) is 0 Å². The number of rotatable bonds is 0. The van der Waals surface area contributed by atoms with Gasteiger partial charge in [-0.05, 0) is 5.41 Å². The minimum atomic E-state index is 0. The number of hydrogen-bond donors (Lipinski definition) is 1. The van der Waals surface area contributed by atoms with Crippen LogP contribution in [0.25, 0.3) is 0 Å². The van der Waals surface area contributed by atoms with Crippen molar-refractivity contribution in [2.45, 2.75) is 0 Å². The highest BCUT2D eigenvalue weighted by atomic mass is 35.5. The summed E-state index contributed by atoms with van der Waals surface area (Å²) in [6, 6.07) is 0. The number of hydrogen-bond acceptors (Lipinski definition) is 1. The van der Waals surface area contributed by atoms with Gasteiger partial charge in [0.2, 0.25) is 0 Å². The van der Waals surface area contributed by atoms with Crippen LogP contribution in [-0.2, 0) is 0 Å². The maximum absolute atomic E-state index is 3.04. The second-order valence-electron chi connectivity index (χ2n) is 1.01. The van der Waals surface area contributed by atoms with E-state index in [9.17, 15) is 0 Å². The predicted molar refractivity (Wildman–Crippen MR) is 28.6 cm³/mol. The normalized spacial score (nSPS) is 16.0. The maximum Gasteiger partial charge on any atom is 0.191 e. The molecular formula is C4H6ClNS. The highest BCUT2D eigenvalue weighted by Crippen LogP contribution is 1.94. The van der Waals surface area contributed by atoms with E-state index in [1.807, 2.05) is 12.3 Å². The summed E-state index contributed by atoms with van der Waals surface area (Å²) in [7, 11) is 0. The molecule has 0 unspecified atom stereocenters. The number of thioether (sulfide) groups is 1. The molecule has 0 aliphatic carbocycles. The lowest BCUT2D eigenvalue weighted by molar-refractivity contribution is -0.425. The van der Waals surface area contributed by atoms with Crippen LogP contribution in [0.5, 0.6) is 0 Å². The van der Waals surface area contributed by atoms with Crippen molar-refractivity contribution in [3.05, 3.63) is 11.5 Å². The first-order valence-corrected chi connectivity index (χ1v) is 2.88. The van der Waals surface area contributed by atoms with Gasteiger partial charge in [0.25, 0.3) is 0 Å². The molecule has 1 N–H and O–H groups in total. The lowest BCUT2D eigenvalue weighted by atomic mass is 10.7. The highest BCUT2D eigenvalue weighted by molar-refractivity contribution is 8.01. The van der Waals surface area contributed by atoms with E-state index < -0.39 is 0 Å². The van der Waals surface area contributed by atoms with Crippen LogP contribution in [0.3, 0.4) is 0 Å². The molecule has 0 saturated carbocycles. The molecule has 0 bridgehead atoms. The van der Waals surface area contributed by atoms with E-state index in [-0.39, 0.29) is 12.4 Å². The van der Waals surface area contributed by atoms with E-state index in [1.165, 1.54) is 0 Å². The van der Waals surface area contributed by atoms with Gasteiger partial charge in [0, 0.05) is 6.08 Å². The van der Waals surface area contributed by atoms with Crippen molar-refractivity contribution in [1.29, 1.82) is 0 Å². The SMILES string of the molecule is C1=CSC[NH+]=C1.[Cl-]. The molecule has 0 fully saturated rings. The van der Waals surface area contributed by atoms with E-state index in [2.05, 4.69) is 10.4 Å². The fraction of sp³-hybridized carbons (Fsp3) is 0.250. The van der Waals surface area contributed by atoms with Gasteiger partial charge >= 0.3 is 0 Å². The zero-order valence-electron chi connectivity index (χ0n) is 3.73. The fourth-order valence-electron chi connectivity index (χ4n) is 0.307. The van der Waals surface area contributed by atoms with Crippen molar-refractivity contribution in [2.75, 3.05) is 5.88 Å². The molecule has 1 nitrogen and oxygen atoms in total. The molecule has 7 heavy (non-hydrogen) atoms. The van der Waals surface area contributed by atoms with Crippen LogP contribution in [0.1, 0.15) is 0 Å². The van der Waals surface area contributed by atoms with Crippen LogP contribution in [0, 0.1) is 0 Å². The van der Waals surface area contributed by atoms with E-state index >= 15 is 0 Å². The molecule has 0 amide bonds. The van der Waals surface area contributed by atoms with Gasteiger partial charge in [0.1, 0.15) is 0 Å². The van der Waals surface area contributed by atoms with Gasteiger partial charge in [-0.2, -0.15) is 0 Å². The van der Waals surface area contributed by atoms with E-state index in [4.69, 9.17) is 0 Å². The van der Waals surface area contributed by atoms with Crippen molar-refractivity contribution in [3.8, 4) is 0 Å². The van der Waals surface area contributed by atoms with Crippen LogP contribution in [0.2, 0.25) is 0 Å². The molecule has 1 heterocycles. The van der Waals surface area contributed by atoms with Gasteiger partial charge in [-0.25, -0.2) is 4.99 Å². The zero-order chi connectivity index (χ0) is 4.24. The average molecular weight is 136 g/mol. The average Bonchev–Trinajstić information content (AvgIpc) is 1.72. The molecule has 1 rings (SSSR count). The van der Waals surface area contributed by atoms with E-state index in [0.29, 0.717) is 0 Å². The Balaban J connectivity index is 0.000000360. The van der Waals surface area contributed by atoms with Crippen molar-refractivity contribution in [2.24, 2.45) is 0 Å². The van der Waals surface area contributed by atoms with Gasteiger partial charge in [-0.3, -0.25) is 0 Å². The highest BCUT2D eigenvalue weighted by Gasteiger charge is 1.84. The Kier molecular flexibility index (Phi) is 4.25. The Labute approximate surface area is 53.3 Å². The van der Waals surface area contributed by atoms with Gasteiger partial charge in [-0.1, -0.05) is 11.8 Å². The Bertz CT molecular complexity index is 77.7. The Hall–Kier alpha value is 0.0500. The number of nitrogens with one attached hydrogen (secondary N) is 1. The first kappa shape index (κ1) is 7.05. The monoisotopic (exact) mass is 135 g/mol. The third-order valence-corrected chi connectivity index (χ3v) is 1.24. The summed E-state index contributed by atoms with van der Waals surface area (Å²) in [4.78, 5) is 3.04. The molecule has 0 spiro atoms. The minimum Gasteiger partial charge on any atom is -1.00 e. The van der Waals surface area contributed by atoms with E-state index in [1.54, 1.807) is 11.8 Å². The summed E-state index contributed by atoms with van der Waals surface area (Å²) in [6.07, 6.45) is 3.94. The second-order valence-corrected chi connectivity index (χ2v) is 1.90. The lowest BCUT2D eigenvalue weighted by Crippen LogP contribution is -3.00. The lowest BCUT2D eigenvalue weighted by Gasteiger charge is -1.82. The molecule has 1 aliphatic rings. The molecule has 0 saturated heterocycles. The van der Waals surface area contributed by atoms with Crippen molar-refractivity contribution < 1.29 is 17.4 Å². The molecule has 0 aromatic rings. The minimum absolute atomic E-state index is 0. The van der Waals surface area contributed by atoms with Crippen LogP contribution >= 0.6 is 11.8 Å². The van der Waals surface area contributed by atoms with Crippen LogP contribution in [0.15, 0.2) is 11.5 Å². The van der Waals surface area contributed by atoms with Crippen molar-refractivity contribution in [3.63, 3.8) is 0 Å². The molecule has 40 valence electrons. The smallest absolute Gasteiger partial charge is 0.191 e. The molecule has 0 aromatic carbocycles. The second kappa shape index (κ2) is 4.22. The Morgan fingerprint density at radius 2 is 2.43 bits per heavy atom. The van der Waals surface area contributed by atoms with Gasteiger partial charge in [0.05, 0.1) is 0 Å². The Morgan fingerprint density at radius 3 is 2.57 bits per heavy atom. The van der Waals surface area contributed by atoms with Crippen molar-refractivity contribution in [1.82, 2.24) is 0 Å². The van der Waals surface area contributed by atoms with Gasteiger partial charge < -0.3 is 12.4 Å². The molecule has 3 heteroatoms. The van der Waals surface area contributed by atoms with Gasteiger partial charge in [0.15, 0.2) is 12.1 Å². The molecular weight excluding hydrogens is 130 g/mol. The number of halogens is 1. The summed E-state index contributed by atoms with van der Waals surface area (Å²) in [5.74, 6) is 1.02. The Morgan fingerprint density at radius 1 is 1.57 bits per heavy atom. The quantitative estimate of drug-likeness (QED) is 0.362. The summed E-state index contributed by atoms with van der Waals surface area (Å²) in [6.45, 7) is 0. The van der Waals surface area contributed by atoms with Crippen molar-refractivity contribution >= 4 is 18.0 Å². The molecule has 0 aromatic heterocycles. The first-order valence-electron chi connectivity index (χ1n) is 1.83. The zero-order valence-corrected chi connectivity index (χ0v) is 5.30. The fourth-order valence-corrected chi connectivity index (χ4v) is 0.786. The summed E-state index contributed by atoms with van der Waals surface area (Å²) >= 11 is 1.77. The molecule has 0 atom stereocenters. The van der Waals surface area contributed by atoms with E-state index in [0.717, 1.165) is 5.88 Å². The topological polar surface area (TPSA) is 14.0 Å².